The minimum absolute atomic E-state index is 0.225. The van der Waals surface area contributed by atoms with Gasteiger partial charge in [-0.2, -0.15) is 25.6 Å². The maximum atomic E-state index is 14.3. The molecule has 1 aromatic rings. The van der Waals surface area contributed by atoms with Crippen molar-refractivity contribution in [2.45, 2.75) is 36.7 Å². The number of hydrogen-bond acceptors (Lipinski definition) is 5. The molecule has 12 heteroatoms. The second-order valence-corrected chi connectivity index (χ2v) is 8.57. The fourth-order valence-corrected chi connectivity index (χ4v) is 3.32. The average molecular weight is 394 g/mol. The molecule has 1 N–H and O–H groups in total. The van der Waals surface area contributed by atoms with E-state index in [1.165, 1.54) is 12.1 Å². The van der Waals surface area contributed by atoms with Gasteiger partial charge in [-0.1, -0.05) is 17.7 Å². The van der Waals surface area contributed by atoms with Crippen molar-refractivity contribution in [3.63, 3.8) is 0 Å². The molecule has 0 bridgehead atoms. The van der Waals surface area contributed by atoms with Crippen molar-refractivity contribution in [3.8, 4) is 5.75 Å². The Balaban J connectivity index is 3.37. The lowest BCUT2D eigenvalue weighted by atomic mass is 10.0. The molecule has 0 saturated carbocycles. The largest absolute Gasteiger partial charge is 0.417 e. The van der Waals surface area contributed by atoms with E-state index in [1.807, 2.05) is 0 Å². The highest BCUT2D eigenvalue weighted by molar-refractivity contribution is 7.89. The Bertz CT molecular complexity index is 814. The van der Waals surface area contributed by atoms with Crippen LogP contribution in [0.4, 0.5) is 17.6 Å². The molecule has 0 saturated heterocycles. The molecule has 0 spiro atoms. The van der Waals surface area contributed by atoms with E-state index in [4.69, 9.17) is 4.55 Å². The molecule has 2 atom stereocenters. The van der Waals surface area contributed by atoms with Crippen LogP contribution in [0.25, 0.3) is 0 Å². The minimum Gasteiger partial charge on any atom is -0.378 e. The molecule has 0 heterocycles. The molecule has 0 aromatic heterocycles. The molecule has 0 fully saturated rings. The zero-order chi connectivity index (χ0) is 19.2. The molecule has 24 heavy (non-hydrogen) atoms. The van der Waals surface area contributed by atoms with Gasteiger partial charge in [0.25, 0.3) is 5.00 Å². The number of benzene rings is 1. The molecule has 138 valence electrons. The first kappa shape index (κ1) is 20.6. The van der Waals surface area contributed by atoms with E-state index in [2.05, 4.69) is 4.18 Å². The van der Waals surface area contributed by atoms with Crippen molar-refractivity contribution in [3.05, 3.63) is 29.8 Å². The third-order valence-electron chi connectivity index (χ3n) is 3.41. The summed E-state index contributed by atoms with van der Waals surface area (Å²) >= 11 is 0. The van der Waals surface area contributed by atoms with Gasteiger partial charge in [0.05, 0.1) is 0 Å². The van der Waals surface area contributed by atoms with Gasteiger partial charge in [-0.05, 0) is 32.9 Å². The van der Waals surface area contributed by atoms with Crippen molar-refractivity contribution in [2.24, 2.45) is 0 Å². The summed E-state index contributed by atoms with van der Waals surface area (Å²) in [5, 5.41) is -10.3. The quantitative estimate of drug-likeness (QED) is 0.453. The molecule has 1 aromatic carbocycles. The van der Waals surface area contributed by atoms with Gasteiger partial charge in [0, 0.05) is 0 Å². The van der Waals surface area contributed by atoms with E-state index in [1.54, 1.807) is 6.92 Å². The van der Waals surface area contributed by atoms with Crippen LogP contribution >= 0.6 is 0 Å². The lowest BCUT2D eigenvalue weighted by Gasteiger charge is -2.35. The van der Waals surface area contributed by atoms with Gasteiger partial charge < -0.3 is 4.18 Å². The third kappa shape index (κ3) is 3.22. The number of alkyl halides is 4. The highest BCUT2D eigenvalue weighted by atomic mass is 32.2. The molecule has 0 amide bonds. The summed E-state index contributed by atoms with van der Waals surface area (Å²) < 4.78 is 114. The van der Waals surface area contributed by atoms with Crippen LogP contribution in [-0.4, -0.2) is 37.3 Å². The summed E-state index contributed by atoms with van der Waals surface area (Å²) in [5.41, 5.74) is -4.23. The zero-order valence-electron chi connectivity index (χ0n) is 12.6. The van der Waals surface area contributed by atoms with Gasteiger partial charge >= 0.3 is 25.5 Å². The van der Waals surface area contributed by atoms with Crippen LogP contribution in [0.3, 0.4) is 0 Å². The highest BCUT2D eigenvalue weighted by Crippen LogP contribution is 2.48. The number of aryl methyl sites for hydroxylation is 1. The molecule has 0 aliphatic rings. The molecule has 2 unspecified atom stereocenters. The first-order valence-electron chi connectivity index (χ1n) is 6.21. The fourth-order valence-electron chi connectivity index (χ4n) is 1.51. The monoisotopic (exact) mass is 394 g/mol. The van der Waals surface area contributed by atoms with Crippen LogP contribution in [-0.2, 0) is 20.2 Å². The van der Waals surface area contributed by atoms with Crippen LogP contribution in [0.15, 0.2) is 24.3 Å². The van der Waals surface area contributed by atoms with E-state index in [0.29, 0.717) is 5.56 Å². The molecule has 1 rings (SSSR count). The van der Waals surface area contributed by atoms with Gasteiger partial charge in [-0.15, -0.1) is 0 Å². The Morgan fingerprint density at radius 2 is 1.38 bits per heavy atom. The first-order valence-corrected chi connectivity index (χ1v) is 9.05. The normalized spacial score (nSPS) is 18.5. The highest BCUT2D eigenvalue weighted by Gasteiger charge is 2.75. The second kappa shape index (κ2) is 5.85. The minimum atomic E-state index is -6.15. The van der Waals surface area contributed by atoms with E-state index in [0.717, 1.165) is 12.1 Å². The Labute approximate surface area is 136 Å². The summed E-state index contributed by atoms with van der Waals surface area (Å²) in [6.45, 7) is 1.07. The predicted octanol–water partition coefficient (Wildman–Crippen LogP) is 2.60. The summed E-state index contributed by atoms with van der Waals surface area (Å²) in [5.74, 6) is -0.622. The van der Waals surface area contributed by atoms with Crippen molar-refractivity contribution in [1.82, 2.24) is 0 Å². The zero-order valence-corrected chi connectivity index (χ0v) is 14.3. The smallest absolute Gasteiger partial charge is 0.378 e. The Kier molecular flexibility index (Phi) is 5.03. The van der Waals surface area contributed by atoms with Crippen LogP contribution in [0.1, 0.15) is 19.4 Å². The van der Waals surface area contributed by atoms with Crippen molar-refractivity contribution >= 4 is 20.2 Å². The van der Waals surface area contributed by atoms with E-state index >= 15 is 0 Å². The van der Waals surface area contributed by atoms with Gasteiger partial charge in [0.15, 0.2) is 0 Å². The molecule has 0 aliphatic heterocycles. The van der Waals surface area contributed by atoms with E-state index < -0.39 is 41.9 Å². The standard InChI is InChI=1S/C12H14F4O6S2/c1-8-4-6-9(7-5-8)22-24(20,21)12(15,16)10(2,13)11(3,14)23(17,18)19/h4-7H,1-3H3,(H,17,18,19). The lowest BCUT2D eigenvalue weighted by Crippen LogP contribution is -2.62. The summed E-state index contributed by atoms with van der Waals surface area (Å²) in [7, 11) is -12.2. The van der Waals surface area contributed by atoms with Gasteiger partial charge in [0.2, 0.25) is 5.67 Å². The molecule has 0 radical (unpaired) electrons. The third-order valence-corrected chi connectivity index (χ3v) is 6.19. The number of rotatable bonds is 6. The van der Waals surface area contributed by atoms with E-state index in [9.17, 15) is 34.4 Å². The summed E-state index contributed by atoms with van der Waals surface area (Å²) in [6, 6.07) is 4.57. The first-order chi connectivity index (χ1) is 10.5. The summed E-state index contributed by atoms with van der Waals surface area (Å²) in [6.07, 6.45) is 0. The van der Waals surface area contributed by atoms with E-state index in [-0.39, 0.29) is 13.8 Å². The van der Waals surface area contributed by atoms with Crippen molar-refractivity contribution in [1.29, 1.82) is 0 Å². The van der Waals surface area contributed by atoms with Crippen LogP contribution < -0.4 is 4.18 Å². The van der Waals surface area contributed by atoms with Gasteiger partial charge in [-0.3, -0.25) is 4.55 Å². The topological polar surface area (TPSA) is 97.7 Å². The second-order valence-electron chi connectivity index (χ2n) is 5.26. The average Bonchev–Trinajstić information content (AvgIpc) is 2.39. The fraction of sp³-hybridized carbons (Fsp3) is 0.500. The number of halogens is 4. The van der Waals surface area contributed by atoms with Crippen molar-refractivity contribution in [2.75, 3.05) is 0 Å². The Hall–Kier alpha value is -1.40. The molecular weight excluding hydrogens is 380 g/mol. The van der Waals surface area contributed by atoms with Gasteiger partial charge in [0.1, 0.15) is 5.75 Å². The Morgan fingerprint density at radius 1 is 0.958 bits per heavy atom. The van der Waals surface area contributed by atoms with Gasteiger partial charge in [-0.25, -0.2) is 8.78 Å². The molecular formula is C12H14F4O6S2. The van der Waals surface area contributed by atoms with Crippen LogP contribution in [0, 0.1) is 6.92 Å². The van der Waals surface area contributed by atoms with Crippen molar-refractivity contribution < 1.29 is 43.1 Å². The van der Waals surface area contributed by atoms with Crippen LogP contribution in [0.5, 0.6) is 5.75 Å². The van der Waals surface area contributed by atoms with Crippen LogP contribution in [0.2, 0.25) is 0 Å². The lowest BCUT2D eigenvalue weighted by molar-refractivity contribution is -0.117. The molecule has 0 aliphatic carbocycles. The number of hydrogen-bond donors (Lipinski definition) is 1. The Morgan fingerprint density at radius 3 is 1.75 bits per heavy atom. The maximum Gasteiger partial charge on any atom is 0.417 e. The predicted molar refractivity (Wildman–Crippen MR) is 76.2 cm³/mol. The SMILES string of the molecule is Cc1ccc(OS(=O)(=O)C(F)(F)C(C)(F)C(C)(F)S(=O)(=O)O)cc1. The molecule has 6 nitrogen and oxygen atoms in total. The maximum absolute atomic E-state index is 14.3. The summed E-state index contributed by atoms with van der Waals surface area (Å²) in [4.78, 5) is 0.